The zero-order valence-corrected chi connectivity index (χ0v) is 19.5. The topological polar surface area (TPSA) is 38.9 Å². The number of hydrogen-bond acceptors (Lipinski definition) is 2. The molecular weight excluding hydrogens is 364 g/mol. The molecule has 1 aliphatic rings. The van der Waals surface area contributed by atoms with Gasteiger partial charge in [0.1, 0.15) is 0 Å². The summed E-state index contributed by atoms with van der Waals surface area (Å²) in [6.07, 6.45) is 15.8. The van der Waals surface area contributed by atoms with Crippen molar-refractivity contribution in [3.63, 3.8) is 0 Å². The molecule has 30 heavy (non-hydrogen) atoms. The third-order valence-electron chi connectivity index (χ3n) is 6.15. The molecule has 1 aliphatic carbocycles. The summed E-state index contributed by atoms with van der Waals surface area (Å²) in [6, 6.07) is 11.6. The van der Waals surface area contributed by atoms with E-state index in [-0.39, 0.29) is 0 Å². The van der Waals surface area contributed by atoms with Gasteiger partial charge in [0, 0.05) is 18.4 Å². The number of hydrogen-bond donors (Lipinski definition) is 1. The summed E-state index contributed by atoms with van der Waals surface area (Å²) < 4.78 is 0. The lowest BCUT2D eigenvalue weighted by Crippen LogP contribution is -2.18. The first-order valence-electron chi connectivity index (χ1n) is 12.0. The third-order valence-corrected chi connectivity index (χ3v) is 6.15. The van der Waals surface area contributed by atoms with Gasteiger partial charge in [-0.05, 0) is 84.8 Å². The van der Waals surface area contributed by atoms with E-state index in [1.807, 2.05) is 18.5 Å². The Morgan fingerprint density at radius 2 is 1.77 bits per heavy atom. The second-order valence-corrected chi connectivity index (χ2v) is 8.74. The average Bonchev–Trinajstić information content (AvgIpc) is 2.76. The highest BCUT2D eigenvalue weighted by Crippen LogP contribution is 2.37. The molecule has 0 fully saturated rings. The molecule has 0 aliphatic heterocycles. The van der Waals surface area contributed by atoms with Crippen LogP contribution in [0.5, 0.6) is 0 Å². The van der Waals surface area contributed by atoms with E-state index in [9.17, 15) is 0 Å². The number of nitrogens with two attached hydrogens (primary N) is 1. The molecule has 1 unspecified atom stereocenters. The van der Waals surface area contributed by atoms with E-state index in [0.29, 0.717) is 12.0 Å². The molecule has 0 bridgehead atoms. The summed E-state index contributed by atoms with van der Waals surface area (Å²) in [7, 11) is 0. The Morgan fingerprint density at radius 3 is 2.40 bits per heavy atom. The van der Waals surface area contributed by atoms with Crippen LogP contribution < -0.4 is 5.73 Å². The van der Waals surface area contributed by atoms with E-state index in [1.54, 1.807) is 0 Å². The fourth-order valence-corrected chi connectivity index (χ4v) is 4.43. The standard InChI is InChI=1S/C21H25N.C7H17N/c1-3-5-19-10-11-20-14-17(9-12-21(20)16(19)2)7-8-18-6-4-13-22-15-18;1-3-5-7(8)6-4-2/h4,6,9,12-15,19H,2-3,5,7-8,10-11H2,1H3;7H,3-6,8H2,1-2H3. The van der Waals surface area contributed by atoms with Gasteiger partial charge < -0.3 is 5.73 Å². The Morgan fingerprint density at radius 1 is 1.03 bits per heavy atom. The Labute approximate surface area is 185 Å². The first-order valence-corrected chi connectivity index (χ1v) is 12.0. The zero-order valence-electron chi connectivity index (χ0n) is 19.5. The number of aryl methyl sites for hydroxylation is 3. The lowest BCUT2D eigenvalue weighted by Gasteiger charge is -2.27. The summed E-state index contributed by atoms with van der Waals surface area (Å²) >= 11 is 0. The van der Waals surface area contributed by atoms with Crippen molar-refractivity contribution in [2.45, 2.75) is 91.0 Å². The second-order valence-electron chi connectivity index (χ2n) is 8.74. The maximum atomic E-state index is 5.69. The SMILES string of the molecule is C=C1c2ccc(CCc3cccnc3)cc2CCC1CCC.CCCC(N)CCC. The van der Waals surface area contributed by atoms with Gasteiger partial charge in [-0.3, -0.25) is 4.98 Å². The number of benzene rings is 1. The van der Waals surface area contributed by atoms with E-state index in [2.05, 4.69) is 56.6 Å². The Hall–Kier alpha value is -1.93. The maximum Gasteiger partial charge on any atom is 0.0299 e. The predicted octanol–water partition coefficient (Wildman–Crippen LogP) is 7.16. The van der Waals surface area contributed by atoms with E-state index < -0.39 is 0 Å². The van der Waals surface area contributed by atoms with Gasteiger partial charge in [0.15, 0.2) is 0 Å². The van der Waals surface area contributed by atoms with Crippen molar-refractivity contribution in [1.29, 1.82) is 0 Å². The van der Waals surface area contributed by atoms with Crippen molar-refractivity contribution >= 4 is 5.57 Å². The van der Waals surface area contributed by atoms with Gasteiger partial charge in [0.2, 0.25) is 0 Å². The molecular formula is C28H42N2. The minimum atomic E-state index is 0.463. The molecule has 0 spiro atoms. The normalized spacial score (nSPS) is 15.5. The highest BCUT2D eigenvalue weighted by molar-refractivity contribution is 5.70. The molecule has 3 rings (SSSR count). The number of rotatable bonds is 9. The van der Waals surface area contributed by atoms with Gasteiger partial charge in [-0.1, -0.05) is 70.9 Å². The summed E-state index contributed by atoms with van der Waals surface area (Å²) in [5.41, 5.74) is 12.7. The lowest BCUT2D eigenvalue weighted by molar-refractivity contribution is 0.539. The molecule has 1 atom stereocenters. The largest absolute Gasteiger partial charge is 0.328 e. The summed E-state index contributed by atoms with van der Waals surface area (Å²) in [4.78, 5) is 4.19. The third kappa shape index (κ3) is 7.72. The van der Waals surface area contributed by atoms with Crippen molar-refractivity contribution in [3.05, 3.63) is 71.6 Å². The van der Waals surface area contributed by atoms with Gasteiger partial charge in [0.25, 0.3) is 0 Å². The summed E-state index contributed by atoms with van der Waals surface area (Å²) in [5.74, 6) is 0.693. The van der Waals surface area contributed by atoms with E-state index in [1.165, 1.54) is 79.2 Å². The monoisotopic (exact) mass is 406 g/mol. The Kier molecular flexibility index (Phi) is 10.9. The quantitative estimate of drug-likeness (QED) is 0.480. The fraction of sp³-hybridized carbons (Fsp3) is 0.536. The maximum absolute atomic E-state index is 5.69. The Bertz CT molecular complexity index is 744. The van der Waals surface area contributed by atoms with Crippen molar-refractivity contribution < 1.29 is 0 Å². The van der Waals surface area contributed by atoms with Crippen molar-refractivity contribution in [1.82, 2.24) is 4.98 Å². The van der Waals surface area contributed by atoms with Gasteiger partial charge in [-0.15, -0.1) is 0 Å². The molecule has 2 N–H and O–H groups in total. The molecule has 2 heteroatoms. The molecule has 1 heterocycles. The summed E-state index contributed by atoms with van der Waals surface area (Å²) in [6.45, 7) is 11.0. The summed E-state index contributed by atoms with van der Waals surface area (Å²) in [5, 5.41) is 0. The number of allylic oxidation sites excluding steroid dienone is 1. The van der Waals surface area contributed by atoms with Crippen LogP contribution in [0, 0.1) is 5.92 Å². The van der Waals surface area contributed by atoms with Crippen molar-refractivity contribution in [3.8, 4) is 0 Å². The molecule has 0 saturated carbocycles. The molecule has 164 valence electrons. The number of fused-ring (bicyclic) bond motifs is 1. The molecule has 0 radical (unpaired) electrons. The Balaban J connectivity index is 0.000000343. The van der Waals surface area contributed by atoms with Crippen LogP contribution in [0.25, 0.3) is 5.57 Å². The van der Waals surface area contributed by atoms with Crippen LogP contribution in [0.2, 0.25) is 0 Å². The smallest absolute Gasteiger partial charge is 0.0299 e. The minimum Gasteiger partial charge on any atom is -0.328 e. The van der Waals surface area contributed by atoms with Gasteiger partial charge in [0.05, 0.1) is 0 Å². The van der Waals surface area contributed by atoms with E-state index in [4.69, 9.17) is 5.73 Å². The van der Waals surface area contributed by atoms with Crippen LogP contribution in [-0.2, 0) is 19.3 Å². The van der Waals surface area contributed by atoms with Gasteiger partial charge in [-0.2, -0.15) is 0 Å². The van der Waals surface area contributed by atoms with Crippen molar-refractivity contribution in [2.24, 2.45) is 11.7 Å². The van der Waals surface area contributed by atoms with Crippen molar-refractivity contribution in [2.75, 3.05) is 0 Å². The van der Waals surface area contributed by atoms with Crippen LogP contribution in [0.1, 0.15) is 88.0 Å². The predicted molar refractivity (Wildman–Crippen MR) is 132 cm³/mol. The highest BCUT2D eigenvalue weighted by Gasteiger charge is 2.21. The number of aromatic nitrogens is 1. The first-order chi connectivity index (χ1) is 14.6. The van der Waals surface area contributed by atoms with Crippen LogP contribution in [0.3, 0.4) is 0 Å². The molecule has 2 aromatic rings. The molecule has 0 saturated heterocycles. The molecule has 1 aromatic heterocycles. The van der Waals surface area contributed by atoms with Crippen LogP contribution in [0.4, 0.5) is 0 Å². The van der Waals surface area contributed by atoms with Crippen LogP contribution in [0.15, 0.2) is 49.3 Å². The molecule has 1 aromatic carbocycles. The minimum absolute atomic E-state index is 0.463. The number of pyridine rings is 1. The highest BCUT2D eigenvalue weighted by atomic mass is 14.6. The van der Waals surface area contributed by atoms with E-state index >= 15 is 0 Å². The van der Waals surface area contributed by atoms with E-state index in [0.717, 1.165) is 12.8 Å². The van der Waals surface area contributed by atoms with Gasteiger partial charge in [-0.25, -0.2) is 0 Å². The first kappa shape index (κ1) is 24.3. The zero-order chi connectivity index (χ0) is 21.8. The fourth-order valence-electron chi connectivity index (χ4n) is 4.43. The van der Waals surface area contributed by atoms with Crippen LogP contribution >= 0.6 is 0 Å². The number of nitrogens with zero attached hydrogens (tertiary/aromatic N) is 1. The lowest BCUT2D eigenvalue weighted by atomic mass is 9.78. The van der Waals surface area contributed by atoms with Gasteiger partial charge >= 0.3 is 0 Å². The van der Waals surface area contributed by atoms with Crippen LogP contribution in [-0.4, -0.2) is 11.0 Å². The molecule has 2 nitrogen and oxygen atoms in total. The molecule has 0 amide bonds. The second kappa shape index (κ2) is 13.4. The average molecular weight is 407 g/mol.